The monoisotopic (exact) mass is 386 g/mol. The molecule has 5 aromatic rings. The number of hydrogen-bond acceptors (Lipinski definition) is 6. The molecule has 0 atom stereocenters. The van der Waals surface area contributed by atoms with Crippen LogP contribution < -0.4 is 11.2 Å². The van der Waals surface area contributed by atoms with Crippen LogP contribution in [-0.4, -0.2) is 10.1 Å². The summed E-state index contributed by atoms with van der Waals surface area (Å²) in [4.78, 5) is 17.0. The minimum atomic E-state index is -0.488. The minimum absolute atomic E-state index is 0.147. The van der Waals surface area contributed by atoms with Crippen LogP contribution in [0.25, 0.3) is 43.6 Å². The van der Waals surface area contributed by atoms with E-state index in [9.17, 15) is 9.90 Å². The number of nitrogens with two attached hydrogens (primary N) is 1. The van der Waals surface area contributed by atoms with Crippen molar-refractivity contribution in [2.24, 2.45) is 0 Å². The van der Waals surface area contributed by atoms with Gasteiger partial charge in [0.05, 0.1) is 15.6 Å². The molecule has 0 radical (unpaired) electrons. The maximum absolute atomic E-state index is 12.9. The SMILES string of the molecule is Nc1nc2ccc3oc(-c4ccc(-c5ccccc5)cc4)c(O)c(=O)c3c2s1. The summed E-state index contributed by atoms with van der Waals surface area (Å²) in [5.41, 5.74) is 9.03. The van der Waals surface area contributed by atoms with Gasteiger partial charge in [0.15, 0.2) is 10.9 Å². The van der Waals surface area contributed by atoms with E-state index in [1.165, 1.54) is 11.3 Å². The Labute approximate surface area is 163 Å². The fourth-order valence-electron chi connectivity index (χ4n) is 3.31. The third-order valence-electron chi connectivity index (χ3n) is 4.66. The standard InChI is InChI=1S/C22H14N2O3S/c23-22-24-15-10-11-16-17(21(15)28-22)18(25)19(26)20(27-16)14-8-6-13(7-9-14)12-4-2-1-3-5-12/h1-11,26H,(H2,23,24). The Morgan fingerprint density at radius 1 is 0.893 bits per heavy atom. The highest BCUT2D eigenvalue weighted by Crippen LogP contribution is 2.35. The Hall–Kier alpha value is -3.64. The number of thiazole rings is 1. The van der Waals surface area contributed by atoms with Crippen molar-refractivity contribution in [1.29, 1.82) is 0 Å². The zero-order valence-corrected chi connectivity index (χ0v) is 15.4. The molecule has 0 saturated heterocycles. The Morgan fingerprint density at radius 2 is 1.57 bits per heavy atom. The molecule has 136 valence electrons. The third-order valence-corrected chi connectivity index (χ3v) is 5.58. The molecule has 0 aliphatic carbocycles. The number of benzene rings is 3. The summed E-state index contributed by atoms with van der Waals surface area (Å²) in [5.74, 6) is -0.270. The lowest BCUT2D eigenvalue weighted by Crippen LogP contribution is -2.02. The van der Waals surface area contributed by atoms with E-state index in [-0.39, 0.29) is 5.76 Å². The molecule has 0 saturated carbocycles. The van der Waals surface area contributed by atoms with Gasteiger partial charge in [0.25, 0.3) is 0 Å². The average molecular weight is 386 g/mol. The van der Waals surface area contributed by atoms with Crippen LogP contribution in [0.2, 0.25) is 0 Å². The number of aromatic nitrogens is 1. The second-order valence-corrected chi connectivity index (χ2v) is 7.42. The first-order chi connectivity index (χ1) is 13.6. The molecule has 0 amide bonds. The van der Waals surface area contributed by atoms with E-state index in [1.807, 2.05) is 54.6 Å². The van der Waals surface area contributed by atoms with Gasteiger partial charge < -0.3 is 15.3 Å². The molecule has 5 rings (SSSR count). The second-order valence-electron chi connectivity index (χ2n) is 6.39. The van der Waals surface area contributed by atoms with Gasteiger partial charge in [-0.2, -0.15) is 0 Å². The first kappa shape index (κ1) is 16.5. The lowest BCUT2D eigenvalue weighted by atomic mass is 10.0. The van der Waals surface area contributed by atoms with Gasteiger partial charge in [0, 0.05) is 5.56 Å². The van der Waals surface area contributed by atoms with Crippen molar-refractivity contribution >= 4 is 37.7 Å². The molecule has 0 bridgehead atoms. The van der Waals surface area contributed by atoms with Crippen molar-refractivity contribution in [3.8, 4) is 28.2 Å². The maximum Gasteiger partial charge on any atom is 0.236 e. The fourth-order valence-corrected chi connectivity index (χ4v) is 4.18. The summed E-state index contributed by atoms with van der Waals surface area (Å²) in [6.07, 6.45) is 0. The van der Waals surface area contributed by atoms with Crippen LogP contribution >= 0.6 is 11.3 Å². The highest BCUT2D eigenvalue weighted by molar-refractivity contribution is 7.23. The van der Waals surface area contributed by atoms with Gasteiger partial charge in [0.1, 0.15) is 5.58 Å². The summed E-state index contributed by atoms with van der Waals surface area (Å²) < 4.78 is 6.53. The second kappa shape index (κ2) is 6.21. The lowest BCUT2D eigenvalue weighted by Gasteiger charge is -2.08. The number of anilines is 1. The zero-order valence-electron chi connectivity index (χ0n) is 14.5. The van der Waals surface area contributed by atoms with Gasteiger partial charge in [-0.05, 0) is 23.3 Å². The summed E-state index contributed by atoms with van der Waals surface area (Å²) in [7, 11) is 0. The summed E-state index contributed by atoms with van der Waals surface area (Å²) >= 11 is 1.20. The number of nitrogens with zero attached hydrogens (tertiary/aromatic N) is 1. The van der Waals surface area contributed by atoms with Crippen LogP contribution in [0.3, 0.4) is 0 Å². The topological polar surface area (TPSA) is 89.3 Å². The van der Waals surface area contributed by atoms with Crippen LogP contribution in [-0.2, 0) is 0 Å². The van der Waals surface area contributed by atoms with E-state index in [2.05, 4.69) is 4.98 Å². The van der Waals surface area contributed by atoms with Crippen molar-refractivity contribution in [1.82, 2.24) is 4.98 Å². The molecule has 2 aromatic heterocycles. The zero-order chi connectivity index (χ0) is 19.3. The first-order valence-corrected chi connectivity index (χ1v) is 9.44. The smallest absolute Gasteiger partial charge is 0.236 e. The van der Waals surface area contributed by atoms with Gasteiger partial charge in [-0.1, -0.05) is 65.9 Å². The van der Waals surface area contributed by atoms with E-state index >= 15 is 0 Å². The van der Waals surface area contributed by atoms with E-state index in [0.29, 0.717) is 31.9 Å². The summed E-state index contributed by atoms with van der Waals surface area (Å²) in [6, 6.07) is 20.9. The molecule has 28 heavy (non-hydrogen) atoms. The summed E-state index contributed by atoms with van der Waals surface area (Å²) in [6.45, 7) is 0. The predicted octanol–water partition coefficient (Wildman–Crippen LogP) is 5.02. The van der Waals surface area contributed by atoms with Crippen molar-refractivity contribution < 1.29 is 9.52 Å². The molecule has 0 aliphatic rings. The lowest BCUT2D eigenvalue weighted by molar-refractivity contribution is 0.449. The van der Waals surface area contributed by atoms with Crippen molar-refractivity contribution in [2.45, 2.75) is 0 Å². The van der Waals surface area contributed by atoms with Crippen molar-refractivity contribution in [2.75, 3.05) is 5.73 Å². The van der Waals surface area contributed by atoms with Crippen molar-refractivity contribution in [3.05, 3.63) is 77.0 Å². The Morgan fingerprint density at radius 3 is 2.32 bits per heavy atom. The number of rotatable bonds is 2. The van der Waals surface area contributed by atoms with Crippen LogP contribution in [0.15, 0.2) is 75.9 Å². The van der Waals surface area contributed by atoms with Crippen LogP contribution in [0.4, 0.5) is 5.13 Å². The normalized spacial score (nSPS) is 11.3. The molecule has 3 aromatic carbocycles. The van der Waals surface area contributed by atoms with Gasteiger partial charge in [-0.15, -0.1) is 0 Å². The minimum Gasteiger partial charge on any atom is -0.502 e. The largest absolute Gasteiger partial charge is 0.502 e. The van der Waals surface area contributed by atoms with Crippen LogP contribution in [0, 0.1) is 0 Å². The average Bonchev–Trinajstić information content (AvgIpc) is 3.11. The molecular formula is C22H14N2O3S. The molecule has 0 aliphatic heterocycles. The van der Waals surface area contributed by atoms with Crippen LogP contribution in [0.5, 0.6) is 5.75 Å². The number of hydrogen-bond donors (Lipinski definition) is 2. The van der Waals surface area contributed by atoms with E-state index in [4.69, 9.17) is 10.2 Å². The van der Waals surface area contributed by atoms with E-state index in [1.54, 1.807) is 12.1 Å². The molecule has 2 heterocycles. The van der Waals surface area contributed by atoms with Crippen LogP contribution in [0.1, 0.15) is 0 Å². The van der Waals surface area contributed by atoms with Crippen molar-refractivity contribution in [3.63, 3.8) is 0 Å². The van der Waals surface area contributed by atoms with Gasteiger partial charge in [0.2, 0.25) is 11.2 Å². The maximum atomic E-state index is 12.9. The molecule has 5 nitrogen and oxygen atoms in total. The number of fused-ring (bicyclic) bond motifs is 3. The van der Waals surface area contributed by atoms with E-state index < -0.39 is 11.2 Å². The highest BCUT2D eigenvalue weighted by Gasteiger charge is 2.18. The first-order valence-electron chi connectivity index (χ1n) is 8.62. The Bertz CT molecular complexity index is 1390. The predicted molar refractivity (Wildman–Crippen MR) is 113 cm³/mol. The molecule has 0 fully saturated rings. The quantitative estimate of drug-likeness (QED) is 0.444. The number of nitrogen functional groups attached to an aromatic ring is 1. The molecule has 0 spiro atoms. The number of aromatic hydroxyl groups is 1. The van der Waals surface area contributed by atoms with Gasteiger partial charge >= 0.3 is 0 Å². The highest BCUT2D eigenvalue weighted by atomic mass is 32.1. The molecule has 6 heteroatoms. The van der Waals surface area contributed by atoms with Gasteiger partial charge in [-0.25, -0.2) is 4.98 Å². The Kier molecular flexibility index (Phi) is 3.67. The molecule has 0 unspecified atom stereocenters. The van der Waals surface area contributed by atoms with E-state index in [0.717, 1.165) is 11.1 Å². The summed E-state index contributed by atoms with van der Waals surface area (Å²) in [5, 5.41) is 11.2. The fraction of sp³-hybridized carbons (Fsp3) is 0. The van der Waals surface area contributed by atoms with Gasteiger partial charge in [-0.3, -0.25) is 4.79 Å². The third kappa shape index (κ3) is 2.54. The molecule has 3 N–H and O–H groups in total. The molecular weight excluding hydrogens is 372 g/mol. The Balaban J connectivity index is 1.68.